The smallest absolute Gasteiger partial charge is 0.307 e. The van der Waals surface area contributed by atoms with Crippen LogP contribution >= 0.6 is 11.3 Å². The van der Waals surface area contributed by atoms with Crippen LogP contribution in [0.4, 0.5) is 0 Å². The van der Waals surface area contributed by atoms with E-state index >= 15 is 0 Å². The number of carbonyl (C=O) groups is 1. The van der Waals surface area contributed by atoms with Crippen molar-refractivity contribution in [3.05, 3.63) is 56.1 Å². The molecule has 0 aliphatic carbocycles. The SMILES string of the molecule is Cc1csc(=O)n1CC(=O)NCc1ccc(CN2CCC(C)CC2)cc1. The van der Waals surface area contributed by atoms with E-state index in [-0.39, 0.29) is 17.3 Å². The molecule has 3 rings (SSSR count). The maximum Gasteiger partial charge on any atom is 0.307 e. The number of rotatable bonds is 6. The first-order chi connectivity index (χ1) is 12.5. The van der Waals surface area contributed by atoms with Gasteiger partial charge < -0.3 is 5.32 Å². The fourth-order valence-corrected chi connectivity index (χ4v) is 3.97. The second-order valence-electron chi connectivity index (χ2n) is 7.28. The van der Waals surface area contributed by atoms with Gasteiger partial charge in [-0.05, 0) is 49.9 Å². The lowest BCUT2D eigenvalue weighted by Crippen LogP contribution is -2.32. The third-order valence-electron chi connectivity index (χ3n) is 5.07. The minimum Gasteiger partial charge on any atom is -0.350 e. The summed E-state index contributed by atoms with van der Waals surface area (Å²) in [5.41, 5.74) is 3.21. The van der Waals surface area contributed by atoms with Gasteiger partial charge in [-0.15, -0.1) is 0 Å². The second kappa shape index (κ2) is 8.64. The number of amides is 1. The number of nitrogens with one attached hydrogen (secondary N) is 1. The predicted molar refractivity (Wildman–Crippen MR) is 105 cm³/mol. The summed E-state index contributed by atoms with van der Waals surface area (Å²) in [5.74, 6) is 0.714. The minimum absolute atomic E-state index is 0.0830. The topological polar surface area (TPSA) is 54.3 Å². The Morgan fingerprint density at radius 1 is 1.19 bits per heavy atom. The molecule has 0 radical (unpaired) electrons. The first kappa shape index (κ1) is 18.9. The summed E-state index contributed by atoms with van der Waals surface area (Å²) in [6.07, 6.45) is 2.58. The zero-order valence-electron chi connectivity index (χ0n) is 15.5. The highest BCUT2D eigenvalue weighted by Gasteiger charge is 2.15. The molecule has 0 unspecified atom stereocenters. The van der Waals surface area contributed by atoms with Crippen LogP contribution in [0.15, 0.2) is 34.4 Å². The predicted octanol–water partition coefficient (Wildman–Crippen LogP) is 2.77. The average molecular weight is 374 g/mol. The molecule has 140 valence electrons. The van der Waals surface area contributed by atoms with Crippen LogP contribution in [0.5, 0.6) is 0 Å². The van der Waals surface area contributed by atoms with Crippen LogP contribution in [0.1, 0.15) is 36.6 Å². The van der Waals surface area contributed by atoms with E-state index < -0.39 is 0 Å². The van der Waals surface area contributed by atoms with E-state index in [0.717, 1.165) is 35.1 Å². The van der Waals surface area contributed by atoms with E-state index in [1.165, 1.54) is 36.1 Å². The summed E-state index contributed by atoms with van der Waals surface area (Å²) in [6.45, 7) is 8.10. The van der Waals surface area contributed by atoms with Crippen molar-refractivity contribution in [2.24, 2.45) is 5.92 Å². The molecular weight excluding hydrogens is 346 g/mol. The highest BCUT2D eigenvalue weighted by atomic mass is 32.1. The van der Waals surface area contributed by atoms with Crippen LogP contribution in [-0.4, -0.2) is 28.5 Å². The van der Waals surface area contributed by atoms with Gasteiger partial charge in [0.25, 0.3) is 0 Å². The lowest BCUT2D eigenvalue weighted by molar-refractivity contribution is -0.121. The second-order valence-corrected chi connectivity index (χ2v) is 8.10. The van der Waals surface area contributed by atoms with Crippen LogP contribution in [0.2, 0.25) is 0 Å². The molecule has 1 saturated heterocycles. The minimum atomic E-state index is -0.139. The number of thiazole rings is 1. The largest absolute Gasteiger partial charge is 0.350 e. The molecule has 1 aromatic carbocycles. The Labute approximate surface area is 158 Å². The van der Waals surface area contributed by atoms with Gasteiger partial charge in [-0.2, -0.15) is 0 Å². The zero-order chi connectivity index (χ0) is 18.5. The Hall–Kier alpha value is -1.92. The van der Waals surface area contributed by atoms with Crippen molar-refractivity contribution in [3.63, 3.8) is 0 Å². The van der Waals surface area contributed by atoms with Crippen LogP contribution < -0.4 is 10.2 Å². The molecule has 2 heterocycles. The number of aryl methyl sites for hydroxylation is 1. The Morgan fingerprint density at radius 3 is 2.46 bits per heavy atom. The van der Waals surface area contributed by atoms with Crippen LogP contribution in [0.25, 0.3) is 0 Å². The van der Waals surface area contributed by atoms with Crippen LogP contribution in [0.3, 0.4) is 0 Å². The molecule has 26 heavy (non-hydrogen) atoms. The molecule has 0 atom stereocenters. The van der Waals surface area contributed by atoms with Gasteiger partial charge >= 0.3 is 4.87 Å². The maximum absolute atomic E-state index is 12.1. The summed E-state index contributed by atoms with van der Waals surface area (Å²) in [4.78, 5) is 26.2. The number of likely N-dealkylation sites (tertiary alicyclic amines) is 1. The summed E-state index contributed by atoms with van der Waals surface area (Å²) in [6, 6.07) is 8.44. The van der Waals surface area contributed by atoms with Gasteiger partial charge in [-0.1, -0.05) is 42.5 Å². The normalized spacial score (nSPS) is 15.9. The van der Waals surface area contributed by atoms with Gasteiger partial charge in [-0.3, -0.25) is 19.1 Å². The van der Waals surface area contributed by atoms with E-state index in [4.69, 9.17) is 0 Å². The van der Waals surface area contributed by atoms with Crippen molar-refractivity contribution >= 4 is 17.2 Å². The number of benzene rings is 1. The van der Waals surface area contributed by atoms with E-state index in [0.29, 0.717) is 6.54 Å². The first-order valence-electron chi connectivity index (χ1n) is 9.23. The third-order valence-corrected chi connectivity index (χ3v) is 5.95. The van der Waals surface area contributed by atoms with Crippen molar-refractivity contribution in [3.8, 4) is 0 Å². The number of aromatic nitrogens is 1. The van der Waals surface area contributed by atoms with Crippen molar-refractivity contribution in [1.29, 1.82) is 0 Å². The van der Waals surface area contributed by atoms with Gasteiger partial charge in [0.15, 0.2) is 0 Å². The summed E-state index contributed by atoms with van der Waals surface area (Å²) in [7, 11) is 0. The number of nitrogens with zero attached hydrogens (tertiary/aromatic N) is 2. The van der Waals surface area contributed by atoms with E-state index in [2.05, 4.69) is 41.4 Å². The Morgan fingerprint density at radius 2 is 1.85 bits per heavy atom. The standard InChI is InChI=1S/C20H27N3O2S/c1-15-7-9-22(10-8-15)12-18-5-3-17(4-6-18)11-21-19(24)13-23-16(2)14-26-20(23)25/h3-6,14-15H,7-13H2,1-2H3,(H,21,24). The Kier molecular flexibility index (Phi) is 6.27. The highest BCUT2D eigenvalue weighted by Crippen LogP contribution is 2.18. The van der Waals surface area contributed by atoms with Crippen molar-refractivity contribution in [2.75, 3.05) is 13.1 Å². The highest BCUT2D eigenvalue weighted by molar-refractivity contribution is 7.07. The fraction of sp³-hybridized carbons (Fsp3) is 0.500. The van der Waals surface area contributed by atoms with Gasteiger partial charge in [0.05, 0.1) is 0 Å². The molecule has 0 spiro atoms. The summed E-state index contributed by atoms with van der Waals surface area (Å²) < 4.78 is 1.50. The van der Waals surface area contributed by atoms with E-state index in [1.807, 2.05) is 6.92 Å². The Bertz CT molecular complexity index is 786. The van der Waals surface area contributed by atoms with Crippen molar-refractivity contribution < 1.29 is 4.79 Å². The number of hydrogen-bond donors (Lipinski definition) is 1. The fourth-order valence-electron chi connectivity index (χ4n) is 3.24. The lowest BCUT2D eigenvalue weighted by atomic mass is 9.99. The molecule has 1 N–H and O–H groups in total. The number of piperidine rings is 1. The molecule has 1 aliphatic rings. The van der Waals surface area contributed by atoms with Gasteiger partial charge in [0, 0.05) is 24.2 Å². The molecule has 0 saturated carbocycles. The Balaban J connectivity index is 1.47. The van der Waals surface area contributed by atoms with E-state index in [9.17, 15) is 9.59 Å². The van der Waals surface area contributed by atoms with E-state index in [1.54, 1.807) is 5.38 Å². The molecule has 1 fully saturated rings. The molecule has 1 aromatic heterocycles. The van der Waals surface area contributed by atoms with Crippen LogP contribution in [-0.2, 0) is 24.4 Å². The lowest BCUT2D eigenvalue weighted by Gasteiger charge is -2.30. The molecule has 6 heteroatoms. The molecular formula is C20H27N3O2S. The molecule has 0 bridgehead atoms. The first-order valence-corrected chi connectivity index (χ1v) is 10.1. The summed E-state index contributed by atoms with van der Waals surface area (Å²) in [5, 5.41) is 4.67. The van der Waals surface area contributed by atoms with Crippen molar-refractivity contribution in [2.45, 2.75) is 46.3 Å². The van der Waals surface area contributed by atoms with Gasteiger partial charge in [-0.25, -0.2) is 0 Å². The molecule has 1 amide bonds. The monoisotopic (exact) mass is 373 g/mol. The number of hydrogen-bond acceptors (Lipinski definition) is 4. The number of carbonyl (C=O) groups excluding carboxylic acids is 1. The van der Waals surface area contributed by atoms with Gasteiger partial charge in [0.2, 0.25) is 5.91 Å². The zero-order valence-corrected chi connectivity index (χ0v) is 16.3. The molecule has 5 nitrogen and oxygen atoms in total. The molecule has 1 aliphatic heterocycles. The van der Waals surface area contributed by atoms with Crippen molar-refractivity contribution in [1.82, 2.24) is 14.8 Å². The molecule has 2 aromatic rings. The van der Waals surface area contributed by atoms with Gasteiger partial charge in [0.1, 0.15) is 6.54 Å². The quantitative estimate of drug-likeness (QED) is 0.847. The average Bonchev–Trinajstić information content (AvgIpc) is 2.95. The summed E-state index contributed by atoms with van der Waals surface area (Å²) >= 11 is 1.13. The third kappa shape index (κ3) is 5.05. The van der Waals surface area contributed by atoms with Crippen LogP contribution in [0, 0.1) is 12.8 Å². The maximum atomic E-state index is 12.1.